The van der Waals surface area contributed by atoms with E-state index in [0.717, 1.165) is 33.8 Å². The van der Waals surface area contributed by atoms with E-state index in [2.05, 4.69) is 0 Å². The van der Waals surface area contributed by atoms with Gasteiger partial charge in [-0.15, -0.1) is 0 Å². The number of carboxylic acids is 1. The van der Waals surface area contributed by atoms with Crippen LogP contribution in [-0.2, 0) is 4.79 Å². The number of hydrogen-bond donors (Lipinski definition) is 1. The number of hydrogen-bond acceptors (Lipinski definition) is 6. The minimum atomic E-state index is -0.892. The van der Waals surface area contributed by atoms with Crippen LogP contribution >= 0.6 is 0 Å². The number of nitrogens with zero attached hydrogens (tertiary/aromatic N) is 1. The van der Waals surface area contributed by atoms with Gasteiger partial charge in [0.15, 0.2) is 11.5 Å². The highest BCUT2D eigenvalue weighted by Gasteiger charge is 2.41. The molecule has 5 rings (SSSR count). The fourth-order valence-electron chi connectivity index (χ4n) is 4.75. The molecule has 33 heavy (non-hydrogen) atoms. The third-order valence-corrected chi connectivity index (χ3v) is 6.08. The van der Waals surface area contributed by atoms with Crippen molar-refractivity contribution >= 4 is 5.97 Å². The van der Waals surface area contributed by atoms with Gasteiger partial charge in [0.2, 0.25) is 6.79 Å². The number of carbonyl (C=O) groups is 1. The van der Waals surface area contributed by atoms with Crippen molar-refractivity contribution in [1.29, 1.82) is 0 Å². The molecule has 0 saturated carbocycles. The summed E-state index contributed by atoms with van der Waals surface area (Å²) in [4.78, 5) is 14.0. The highest BCUT2D eigenvalue weighted by atomic mass is 16.7. The molecule has 7 heteroatoms. The van der Waals surface area contributed by atoms with Gasteiger partial charge in [0.25, 0.3) is 0 Å². The Labute approximate surface area is 192 Å². The Morgan fingerprint density at radius 1 is 0.939 bits per heavy atom. The van der Waals surface area contributed by atoms with Crippen LogP contribution in [0.1, 0.15) is 41.3 Å². The summed E-state index contributed by atoms with van der Waals surface area (Å²) in [5.41, 5.74) is 3.99. The van der Waals surface area contributed by atoms with Crippen LogP contribution in [0.2, 0.25) is 0 Å². The van der Waals surface area contributed by atoms with Gasteiger partial charge in [0.05, 0.1) is 32.3 Å². The van der Waals surface area contributed by atoms with E-state index in [0.29, 0.717) is 18.1 Å². The molecule has 0 amide bonds. The van der Waals surface area contributed by atoms with Crippen LogP contribution in [-0.4, -0.2) is 43.0 Å². The Kier molecular flexibility index (Phi) is 5.56. The Morgan fingerprint density at radius 2 is 1.64 bits per heavy atom. The van der Waals surface area contributed by atoms with Gasteiger partial charge in [-0.05, 0) is 65.6 Å². The lowest BCUT2D eigenvalue weighted by Gasteiger charge is -2.30. The lowest BCUT2D eigenvalue weighted by atomic mass is 9.94. The first-order valence-corrected chi connectivity index (χ1v) is 10.9. The SMILES string of the molecule is CCOc1ccc2c(c1)[C@H](c1ccc(OC)cc1)N(CC(=O)O)[C@@H]2c1ccc2c(c1)OCO2. The van der Waals surface area contributed by atoms with Crippen molar-refractivity contribution < 1.29 is 28.8 Å². The van der Waals surface area contributed by atoms with E-state index in [1.54, 1.807) is 7.11 Å². The summed E-state index contributed by atoms with van der Waals surface area (Å²) in [5, 5.41) is 9.83. The van der Waals surface area contributed by atoms with Crippen LogP contribution in [0.15, 0.2) is 60.7 Å². The third kappa shape index (κ3) is 3.85. The van der Waals surface area contributed by atoms with Gasteiger partial charge < -0.3 is 24.1 Å². The first-order chi connectivity index (χ1) is 16.1. The molecule has 2 heterocycles. The second-order valence-corrected chi connectivity index (χ2v) is 7.98. The standard InChI is InChI=1S/C26H25NO6/c1-3-31-19-9-10-20-21(13-19)25(16-4-7-18(30-2)8-5-16)27(14-24(28)29)26(20)17-6-11-22-23(12-17)33-15-32-22/h4-13,25-26H,3,14-15H2,1-2H3,(H,28,29)/t25-,26+/m0/s1. The fraction of sp³-hybridized carbons (Fsp3) is 0.269. The Balaban J connectivity index is 1.67. The van der Waals surface area contributed by atoms with Gasteiger partial charge in [-0.2, -0.15) is 0 Å². The predicted octanol–water partition coefficient (Wildman–Crippen LogP) is 4.40. The van der Waals surface area contributed by atoms with E-state index in [1.165, 1.54) is 0 Å². The van der Waals surface area contributed by atoms with Crippen LogP contribution in [0.3, 0.4) is 0 Å². The molecular weight excluding hydrogens is 422 g/mol. The molecule has 3 aromatic rings. The fourth-order valence-corrected chi connectivity index (χ4v) is 4.75. The van der Waals surface area contributed by atoms with Gasteiger partial charge in [-0.1, -0.05) is 24.3 Å². The smallest absolute Gasteiger partial charge is 0.317 e. The van der Waals surface area contributed by atoms with Crippen molar-refractivity contribution in [2.45, 2.75) is 19.0 Å². The van der Waals surface area contributed by atoms with E-state index in [1.807, 2.05) is 72.5 Å². The molecule has 0 unspecified atom stereocenters. The van der Waals surface area contributed by atoms with Crippen molar-refractivity contribution in [3.8, 4) is 23.0 Å². The van der Waals surface area contributed by atoms with Gasteiger partial charge in [0.1, 0.15) is 11.5 Å². The van der Waals surface area contributed by atoms with Crippen LogP contribution in [0.25, 0.3) is 0 Å². The summed E-state index contributed by atoms with van der Waals surface area (Å²) in [7, 11) is 1.63. The lowest BCUT2D eigenvalue weighted by molar-refractivity contribution is -0.139. The number of rotatable bonds is 7. The number of aliphatic carboxylic acids is 1. The minimum absolute atomic E-state index is 0.131. The van der Waals surface area contributed by atoms with Gasteiger partial charge >= 0.3 is 5.97 Å². The zero-order valence-corrected chi connectivity index (χ0v) is 18.5. The molecule has 2 atom stereocenters. The van der Waals surface area contributed by atoms with Crippen LogP contribution in [0, 0.1) is 0 Å². The second kappa shape index (κ2) is 8.67. The Hall–Kier alpha value is -3.71. The van der Waals surface area contributed by atoms with E-state index in [-0.39, 0.29) is 25.4 Å². The maximum atomic E-state index is 12.0. The normalized spacial score (nSPS) is 18.7. The molecular formula is C26H25NO6. The quantitative estimate of drug-likeness (QED) is 0.575. The molecule has 0 aromatic heterocycles. The lowest BCUT2D eigenvalue weighted by Crippen LogP contribution is -2.33. The van der Waals surface area contributed by atoms with Gasteiger partial charge in [0, 0.05) is 0 Å². The summed E-state index contributed by atoms with van der Waals surface area (Å²) >= 11 is 0. The van der Waals surface area contributed by atoms with Crippen LogP contribution in [0.4, 0.5) is 0 Å². The van der Waals surface area contributed by atoms with E-state index in [9.17, 15) is 9.90 Å². The summed E-state index contributed by atoms with van der Waals surface area (Å²) in [5.74, 6) is 1.98. The highest BCUT2D eigenvalue weighted by Crippen LogP contribution is 2.50. The maximum absolute atomic E-state index is 12.0. The second-order valence-electron chi connectivity index (χ2n) is 7.98. The molecule has 0 aliphatic carbocycles. The summed E-state index contributed by atoms with van der Waals surface area (Å²) in [6.45, 7) is 2.55. The largest absolute Gasteiger partial charge is 0.497 e. The summed E-state index contributed by atoms with van der Waals surface area (Å²) in [6, 6.07) is 19.0. The zero-order valence-electron chi connectivity index (χ0n) is 18.5. The van der Waals surface area contributed by atoms with E-state index < -0.39 is 5.97 Å². The summed E-state index contributed by atoms with van der Waals surface area (Å²) in [6.07, 6.45) is 0. The molecule has 1 N–H and O–H groups in total. The van der Waals surface area contributed by atoms with E-state index in [4.69, 9.17) is 18.9 Å². The first kappa shape index (κ1) is 21.2. The molecule has 3 aromatic carbocycles. The molecule has 0 spiro atoms. The summed E-state index contributed by atoms with van der Waals surface area (Å²) < 4.78 is 22.2. The van der Waals surface area contributed by atoms with Crippen molar-refractivity contribution in [2.24, 2.45) is 0 Å². The van der Waals surface area contributed by atoms with Crippen molar-refractivity contribution in [3.05, 3.63) is 82.9 Å². The molecule has 0 radical (unpaired) electrons. The number of carboxylic acid groups (broad SMARTS) is 1. The number of fused-ring (bicyclic) bond motifs is 2. The molecule has 7 nitrogen and oxygen atoms in total. The maximum Gasteiger partial charge on any atom is 0.317 e. The number of benzene rings is 3. The molecule has 170 valence electrons. The molecule has 2 aliphatic rings. The molecule has 0 bridgehead atoms. The third-order valence-electron chi connectivity index (χ3n) is 6.08. The van der Waals surface area contributed by atoms with E-state index >= 15 is 0 Å². The monoisotopic (exact) mass is 447 g/mol. The molecule has 0 fully saturated rings. The molecule has 0 saturated heterocycles. The van der Waals surface area contributed by atoms with Crippen molar-refractivity contribution in [2.75, 3.05) is 27.1 Å². The average Bonchev–Trinajstić information content (AvgIpc) is 3.40. The first-order valence-electron chi connectivity index (χ1n) is 10.9. The number of ether oxygens (including phenoxy) is 4. The molecule has 2 aliphatic heterocycles. The van der Waals surface area contributed by atoms with Crippen LogP contribution < -0.4 is 18.9 Å². The van der Waals surface area contributed by atoms with Crippen LogP contribution in [0.5, 0.6) is 23.0 Å². The Morgan fingerprint density at radius 3 is 2.36 bits per heavy atom. The van der Waals surface area contributed by atoms with Gasteiger partial charge in [-0.25, -0.2) is 0 Å². The number of methoxy groups -OCH3 is 1. The van der Waals surface area contributed by atoms with Crippen molar-refractivity contribution in [3.63, 3.8) is 0 Å². The highest BCUT2D eigenvalue weighted by molar-refractivity contribution is 5.70. The Bertz CT molecular complexity index is 1180. The van der Waals surface area contributed by atoms with Crippen molar-refractivity contribution in [1.82, 2.24) is 4.90 Å². The predicted molar refractivity (Wildman–Crippen MR) is 121 cm³/mol. The average molecular weight is 447 g/mol. The van der Waals surface area contributed by atoms with Gasteiger partial charge in [-0.3, -0.25) is 9.69 Å². The topological polar surface area (TPSA) is 77.5 Å². The zero-order chi connectivity index (χ0) is 22.9. The minimum Gasteiger partial charge on any atom is -0.497 e.